The third-order valence-electron chi connectivity index (χ3n) is 3.61. The van der Waals surface area contributed by atoms with Gasteiger partial charge in [0.05, 0.1) is 7.11 Å². The van der Waals surface area contributed by atoms with Gasteiger partial charge in [0, 0.05) is 16.6 Å². The maximum absolute atomic E-state index is 5.40. The number of aryl methyl sites for hydroxylation is 3. The zero-order chi connectivity index (χ0) is 11.1. The normalized spacial score (nSPS) is 15.1. The highest BCUT2D eigenvalue weighted by Crippen LogP contribution is 2.33. The van der Waals surface area contributed by atoms with E-state index in [0.29, 0.717) is 0 Å². The molecule has 1 aromatic heterocycles. The lowest BCUT2D eigenvalue weighted by atomic mass is 9.95. The highest BCUT2D eigenvalue weighted by molar-refractivity contribution is 5.87. The molecule has 3 rings (SSSR count). The fourth-order valence-electron chi connectivity index (χ4n) is 2.76. The Labute approximate surface area is 95.6 Å². The van der Waals surface area contributed by atoms with Crippen LogP contribution in [0.4, 0.5) is 0 Å². The van der Waals surface area contributed by atoms with Crippen molar-refractivity contribution in [3.8, 4) is 5.75 Å². The van der Waals surface area contributed by atoms with Gasteiger partial charge in [0.25, 0.3) is 0 Å². The first-order valence-corrected chi connectivity index (χ1v) is 5.97. The van der Waals surface area contributed by atoms with E-state index < -0.39 is 0 Å². The van der Waals surface area contributed by atoms with Gasteiger partial charge in [0.15, 0.2) is 0 Å². The molecule has 0 spiro atoms. The molecule has 0 amide bonds. The van der Waals surface area contributed by atoms with Crippen molar-refractivity contribution in [2.24, 2.45) is 0 Å². The topological polar surface area (TPSA) is 25.0 Å². The molecular weight excluding hydrogens is 198 g/mol. The molecule has 84 valence electrons. The molecule has 1 aliphatic carbocycles. The Hall–Kier alpha value is -1.44. The highest BCUT2D eigenvalue weighted by Gasteiger charge is 2.16. The van der Waals surface area contributed by atoms with Crippen LogP contribution in [0.3, 0.4) is 0 Å². The van der Waals surface area contributed by atoms with E-state index in [0.717, 1.165) is 5.75 Å². The van der Waals surface area contributed by atoms with Crippen molar-refractivity contribution in [2.45, 2.75) is 32.6 Å². The maximum Gasteiger partial charge on any atom is 0.122 e. The van der Waals surface area contributed by atoms with E-state index in [-0.39, 0.29) is 0 Å². The number of aromatic nitrogens is 1. The lowest BCUT2D eigenvalue weighted by Gasteiger charge is -2.10. The van der Waals surface area contributed by atoms with Crippen LogP contribution < -0.4 is 4.74 Å². The van der Waals surface area contributed by atoms with Gasteiger partial charge in [-0.2, -0.15) is 0 Å². The Balaban J connectivity index is 2.27. The molecule has 0 atom stereocenters. The summed E-state index contributed by atoms with van der Waals surface area (Å²) in [7, 11) is 1.74. The number of hydrogen-bond acceptors (Lipinski definition) is 1. The number of fused-ring (bicyclic) bond motifs is 3. The van der Waals surface area contributed by atoms with Crippen LogP contribution in [0.25, 0.3) is 10.9 Å². The smallest absolute Gasteiger partial charge is 0.122 e. The zero-order valence-corrected chi connectivity index (χ0v) is 9.89. The van der Waals surface area contributed by atoms with Crippen LogP contribution >= 0.6 is 0 Å². The summed E-state index contributed by atoms with van der Waals surface area (Å²) < 4.78 is 5.40. The Kier molecular flexibility index (Phi) is 2.16. The van der Waals surface area contributed by atoms with Crippen molar-refractivity contribution in [3.63, 3.8) is 0 Å². The monoisotopic (exact) mass is 215 g/mol. The number of nitrogens with one attached hydrogen (secondary N) is 1. The summed E-state index contributed by atoms with van der Waals surface area (Å²) in [6.07, 6.45) is 5.04. The van der Waals surface area contributed by atoms with Crippen molar-refractivity contribution in [3.05, 3.63) is 29.0 Å². The van der Waals surface area contributed by atoms with E-state index in [4.69, 9.17) is 4.74 Å². The molecule has 16 heavy (non-hydrogen) atoms. The summed E-state index contributed by atoms with van der Waals surface area (Å²) in [6, 6.07) is 4.39. The van der Waals surface area contributed by atoms with Crippen molar-refractivity contribution < 1.29 is 4.74 Å². The summed E-state index contributed by atoms with van der Waals surface area (Å²) in [5, 5.41) is 1.36. The van der Waals surface area contributed by atoms with E-state index in [1.165, 1.54) is 53.4 Å². The Morgan fingerprint density at radius 1 is 1.19 bits per heavy atom. The van der Waals surface area contributed by atoms with E-state index in [2.05, 4.69) is 24.0 Å². The van der Waals surface area contributed by atoms with E-state index in [1.807, 2.05) is 0 Å². The fraction of sp³-hybridized carbons (Fsp3) is 0.429. The number of aromatic amines is 1. The average Bonchev–Trinajstić information content (AvgIpc) is 2.65. The van der Waals surface area contributed by atoms with Crippen molar-refractivity contribution in [2.75, 3.05) is 7.11 Å². The minimum atomic E-state index is 1.000. The molecule has 1 aliphatic rings. The van der Waals surface area contributed by atoms with Crippen LogP contribution in [0.5, 0.6) is 5.75 Å². The molecule has 2 aromatic rings. The molecule has 1 heterocycles. The molecule has 0 bridgehead atoms. The molecule has 0 radical (unpaired) electrons. The van der Waals surface area contributed by atoms with Gasteiger partial charge in [0.2, 0.25) is 0 Å². The van der Waals surface area contributed by atoms with Gasteiger partial charge in [0.1, 0.15) is 5.75 Å². The predicted molar refractivity (Wildman–Crippen MR) is 66.2 cm³/mol. The number of methoxy groups -OCH3 is 1. The minimum Gasteiger partial charge on any atom is -0.496 e. The first-order chi connectivity index (χ1) is 7.79. The lowest BCUT2D eigenvalue weighted by molar-refractivity contribution is 0.412. The molecular formula is C14H17NO. The summed E-state index contributed by atoms with van der Waals surface area (Å²) in [5.41, 5.74) is 5.42. The fourth-order valence-corrected chi connectivity index (χ4v) is 2.76. The van der Waals surface area contributed by atoms with Gasteiger partial charge < -0.3 is 9.72 Å². The van der Waals surface area contributed by atoms with Crippen LogP contribution in [-0.4, -0.2) is 12.1 Å². The van der Waals surface area contributed by atoms with Crippen LogP contribution in [0.1, 0.15) is 29.7 Å². The largest absolute Gasteiger partial charge is 0.496 e. The highest BCUT2D eigenvalue weighted by atomic mass is 16.5. The standard InChI is InChI=1S/C14H17NO/c1-9-7-13-11(8-14(9)16-2)10-5-3-4-6-12(10)15-13/h7-8,15H,3-6H2,1-2H3. The van der Waals surface area contributed by atoms with E-state index in [9.17, 15) is 0 Å². The minimum absolute atomic E-state index is 1.000. The summed E-state index contributed by atoms with van der Waals surface area (Å²) in [4.78, 5) is 3.55. The second-order valence-corrected chi connectivity index (χ2v) is 4.66. The molecule has 0 aliphatic heterocycles. The Morgan fingerprint density at radius 2 is 2.00 bits per heavy atom. The molecule has 0 unspecified atom stereocenters. The number of benzene rings is 1. The van der Waals surface area contributed by atoms with Crippen molar-refractivity contribution in [1.29, 1.82) is 0 Å². The third kappa shape index (κ3) is 1.33. The first-order valence-electron chi connectivity index (χ1n) is 5.97. The second-order valence-electron chi connectivity index (χ2n) is 4.66. The quantitative estimate of drug-likeness (QED) is 0.775. The van der Waals surface area contributed by atoms with Gasteiger partial charge >= 0.3 is 0 Å². The Bertz CT molecular complexity index is 539. The van der Waals surface area contributed by atoms with Gasteiger partial charge in [-0.1, -0.05) is 0 Å². The molecule has 0 saturated heterocycles. The summed E-state index contributed by atoms with van der Waals surface area (Å²) >= 11 is 0. The second kappa shape index (κ2) is 3.55. The van der Waals surface area contributed by atoms with Crippen molar-refractivity contribution >= 4 is 10.9 Å². The molecule has 2 nitrogen and oxygen atoms in total. The maximum atomic E-state index is 5.40. The summed E-state index contributed by atoms with van der Waals surface area (Å²) in [5.74, 6) is 1.000. The number of rotatable bonds is 1. The Morgan fingerprint density at radius 3 is 2.81 bits per heavy atom. The van der Waals surface area contributed by atoms with Crippen molar-refractivity contribution in [1.82, 2.24) is 4.98 Å². The average molecular weight is 215 g/mol. The third-order valence-corrected chi connectivity index (χ3v) is 3.61. The van der Waals surface area contributed by atoms with Gasteiger partial charge in [-0.15, -0.1) is 0 Å². The van der Waals surface area contributed by atoms with Crippen LogP contribution in [-0.2, 0) is 12.8 Å². The predicted octanol–water partition coefficient (Wildman–Crippen LogP) is 3.36. The molecule has 1 N–H and O–H groups in total. The summed E-state index contributed by atoms with van der Waals surface area (Å²) in [6.45, 7) is 2.10. The van der Waals surface area contributed by atoms with E-state index in [1.54, 1.807) is 7.11 Å². The molecule has 1 aromatic carbocycles. The molecule has 0 saturated carbocycles. The van der Waals surface area contributed by atoms with Gasteiger partial charge in [-0.05, 0) is 55.9 Å². The molecule has 0 fully saturated rings. The lowest BCUT2D eigenvalue weighted by Crippen LogP contribution is -2.00. The number of ether oxygens (including phenoxy) is 1. The first kappa shape index (κ1) is 9.76. The zero-order valence-electron chi connectivity index (χ0n) is 9.89. The number of hydrogen-bond donors (Lipinski definition) is 1. The molecule has 2 heteroatoms. The SMILES string of the molecule is COc1cc2c3c([nH]c2cc1C)CCCC3. The van der Waals surface area contributed by atoms with Crippen LogP contribution in [0, 0.1) is 6.92 Å². The van der Waals surface area contributed by atoms with Gasteiger partial charge in [-0.25, -0.2) is 0 Å². The van der Waals surface area contributed by atoms with Crippen LogP contribution in [0.2, 0.25) is 0 Å². The van der Waals surface area contributed by atoms with Crippen LogP contribution in [0.15, 0.2) is 12.1 Å². The van der Waals surface area contributed by atoms with Gasteiger partial charge in [-0.3, -0.25) is 0 Å². The number of H-pyrrole nitrogens is 1. The van der Waals surface area contributed by atoms with E-state index >= 15 is 0 Å².